The van der Waals surface area contributed by atoms with Gasteiger partial charge < -0.3 is 9.42 Å². The van der Waals surface area contributed by atoms with Crippen molar-refractivity contribution in [3.05, 3.63) is 40.7 Å². The fraction of sp³-hybridized carbons (Fsp3) is 0.500. The van der Waals surface area contributed by atoms with Gasteiger partial charge in [0.1, 0.15) is 5.82 Å². The number of nitrogens with zero attached hydrogens (tertiary/aromatic N) is 2. The summed E-state index contributed by atoms with van der Waals surface area (Å²) in [5.41, 5.74) is 1.46. The summed E-state index contributed by atoms with van der Waals surface area (Å²) in [6.45, 7) is 4.04. The normalized spacial score (nSPS) is 20.5. The Kier molecular flexibility index (Phi) is 5.14. The second-order valence-corrected chi connectivity index (χ2v) is 8.34. The van der Waals surface area contributed by atoms with E-state index >= 15 is 0 Å². The predicted molar refractivity (Wildman–Crippen MR) is 102 cm³/mol. The van der Waals surface area contributed by atoms with E-state index in [0.29, 0.717) is 17.9 Å². The number of halogens is 1. The highest BCUT2D eigenvalue weighted by Crippen LogP contribution is 2.34. The SMILES string of the molecule is CC(CC(=O)C1=CCCS1)N1CCC(c2noc3cc(F)ccc23)CC1. The lowest BCUT2D eigenvalue weighted by atomic mass is 9.90. The number of ketones is 1. The van der Waals surface area contributed by atoms with Gasteiger partial charge in [0.05, 0.1) is 5.69 Å². The fourth-order valence-corrected chi connectivity index (χ4v) is 4.88. The molecule has 0 spiro atoms. The lowest BCUT2D eigenvalue weighted by Crippen LogP contribution is -2.40. The van der Waals surface area contributed by atoms with Crippen molar-refractivity contribution in [3.63, 3.8) is 0 Å². The number of thioether (sulfide) groups is 1. The first-order valence-electron chi connectivity index (χ1n) is 9.27. The van der Waals surface area contributed by atoms with Crippen LogP contribution in [0.15, 0.2) is 33.7 Å². The number of benzene rings is 1. The molecule has 4 nitrogen and oxygen atoms in total. The Labute approximate surface area is 156 Å². The van der Waals surface area contributed by atoms with Crippen LogP contribution in [0.2, 0.25) is 0 Å². The van der Waals surface area contributed by atoms with Gasteiger partial charge in [0.2, 0.25) is 0 Å². The van der Waals surface area contributed by atoms with Gasteiger partial charge >= 0.3 is 0 Å². The average molecular weight is 374 g/mol. The Morgan fingerprint density at radius 3 is 2.96 bits per heavy atom. The van der Waals surface area contributed by atoms with Crippen LogP contribution in [0.1, 0.15) is 44.2 Å². The zero-order valence-electron chi connectivity index (χ0n) is 14.9. The van der Waals surface area contributed by atoms with E-state index in [0.717, 1.165) is 54.1 Å². The third-order valence-electron chi connectivity index (χ3n) is 5.46. The third kappa shape index (κ3) is 3.58. The molecule has 2 aromatic rings. The highest BCUT2D eigenvalue weighted by molar-refractivity contribution is 8.04. The van der Waals surface area contributed by atoms with Crippen LogP contribution in [0.5, 0.6) is 0 Å². The van der Waals surface area contributed by atoms with Gasteiger partial charge in [-0.25, -0.2) is 4.39 Å². The monoisotopic (exact) mass is 374 g/mol. The van der Waals surface area contributed by atoms with Gasteiger partial charge in [-0.3, -0.25) is 4.79 Å². The maximum Gasteiger partial charge on any atom is 0.170 e. The van der Waals surface area contributed by atoms with Gasteiger partial charge in [-0.15, -0.1) is 11.8 Å². The Balaban J connectivity index is 1.36. The van der Waals surface area contributed by atoms with Crippen LogP contribution >= 0.6 is 11.8 Å². The van der Waals surface area contributed by atoms with Crippen molar-refractivity contribution in [1.29, 1.82) is 0 Å². The highest BCUT2D eigenvalue weighted by atomic mass is 32.2. The second-order valence-electron chi connectivity index (χ2n) is 7.20. The lowest BCUT2D eigenvalue weighted by molar-refractivity contribution is -0.116. The Morgan fingerprint density at radius 1 is 1.42 bits per heavy atom. The summed E-state index contributed by atoms with van der Waals surface area (Å²) < 4.78 is 18.6. The number of Topliss-reactive ketones (excluding diaryl/α,β-unsaturated/α-hetero) is 1. The van der Waals surface area contributed by atoms with E-state index in [9.17, 15) is 9.18 Å². The summed E-state index contributed by atoms with van der Waals surface area (Å²) in [5.74, 6) is 1.35. The average Bonchev–Trinajstić information content (AvgIpc) is 3.31. The molecule has 0 bridgehead atoms. The van der Waals surface area contributed by atoms with Gasteiger partial charge in [0.15, 0.2) is 11.4 Å². The standard InChI is InChI=1S/C20H23FN2O2S/c1-13(11-17(24)19-3-2-10-26-19)23-8-6-14(7-9-23)20-16-5-4-15(21)12-18(16)25-22-20/h3-5,12-14H,2,6-11H2,1H3. The van der Waals surface area contributed by atoms with Crippen molar-refractivity contribution in [2.75, 3.05) is 18.8 Å². The van der Waals surface area contributed by atoms with Crippen LogP contribution in [-0.4, -0.2) is 40.7 Å². The Morgan fingerprint density at radius 2 is 2.23 bits per heavy atom. The number of carbonyl (C=O) groups is 1. The summed E-state index contributed by atoms with van der Waals surface area (Å²) in [4.78, 5) is 15.7. The first kappa shape index (κ1) is 17.7. The Hall–Kier alpha value is -1.66. The number of likely N-dealkylation sites (tertiary alicyclic amines) is 1. The first-order valence-corrected chi connectivity index (χ1v) is 10.3. The molecule has 3 heterocycles. The molecule has 6 heteroatoms. The third-order valence-corrected chi connectivity index (χ3v) is 6.61. The van der Waals surface area contributed by atoms with E-state index in [4.69, 9.17) is 4.52 Å². The molecule has 1 atom stereocenters. The number of piperidine rings is 1. The van der Waals surface area contributed by atoms with Gasteiger partial charge in [0, 0.05) is 40.5 Å². The van der Waals surface area contributed by atoms with Crippen LogP contribution < -0.4 is 0 Å². The molecular formula is C20H23FN2O2S. The molecule has 0 radical (unpaired) electrons. The molecule has 0 N–H and O–H groups in total. The molecule has 2 aliphatic rings. The minimum atomic E-state index is -0.302. The lowest BCUT2D eigenvalue weighted by Gasteiger charge is -2.35. The Bertz CT molecular complexity index is 839. The van der Waals surface area contributed by atoms with Crippen molar-refractivity contribution in [1.82, 2.24) is 10.1 Å². The van der Waals surface area contributed by atoms with Crippen molar-refractivity contribution < 1.29 is 13.7 Å². The fourth-order valence-electron chi connectivity index (χ4n) is 3.95. The molecular weight excluding hydrogens is 351 g/mol. The number of allylic oxidation sites excluding steroid dienone is 2. The number of aromatic nitrogens is 1. The van der Waals surface area contributed by atoms with Crippen molar-refractivity contribution in [3.8, 4) is 0 Å². The van der Waals surface area contributed by atoms with Gasteiger partial charge in [-0.2, -0.15) is 0 Å². The molecule has 1 fully saturated rings. The zero-order valence-corrected chi connectivity index (χ0v) is 15.7. The molecule has 0 aliphatic carbocycles. The van der Waals surface area contributed by atoms with E-state index in [-0.39, 0.29) is 17.6 Å². The summed E-state index contributed by atoms with van der Waals surface area (Å²) in [6.07, 6.45) is 5.64. The second kappa shape index (κ2) is 7.53. The molecule has 0 amide bonds. The number of hydrogen-bond acceptors (Lipinski definition) is 5. The van der Waals surface area contributed by atoms with Gasteiger partial charge in [-0.05, 0) is 51.4 Å². The van der Waals surface area contributed by atoms with Crippen molar-refractivity contribution in [2.45, 2.75) is 44.6 Å². The van der Waals surface area contributed by atoms with E-state index in [1.165, 1.54) is 12.1 Å². The number of carbonyl (C=O) groups excluding carboxylic acids is 1. The molecule has 26 heavy (non-hydrogen) atoms. The molecule has 0 saturated carbocycles. The molecule has 1 aromatic heterocycles. The minimum Gasteiger partial charge on any atom is -0.356 e. The molecule has 1 unspecified atom stereocenters. The van der Waals surface area contributed by atoms with Crippen molar-refractivity contribution >= 4 is 28.5 Å². The summed E-state index contributed by atoms with van der Waals surface area (Å²) in [7, 11) is 0. The summed E-state index contributed by atoms with van der Waals surface area (Å²) in [5, 5.41) is 5.12. The zero-order chi connectivity index (χ0) is 18.1. The van der Waals surface area contributed by atoms with Crippen molar-refractivity contribution in [2.24, 2.45) is 0 Å². The van der Waals surface area contributed by atoms with E-state index < -0.39 is 0 Å². The topological polar surface area (TPSA) is 46.3 Å². The quantitative estimate of drug-likeness (QED) is 0.770. The number of hydrogen-bond donors (Lipinski definition) is 0. The smallest absolute Gasteiger partial charge is 0.170 e. The number of fused-ring (bicyclic) bond motifs is 1. The van der Waals surface area contributed by atoms with E-state index in [1.54, 1.807) is 17.8 Å². The molecule has 1 saturated heterocycles. The summed E-state index contributed by atoms with van der Waals surface area (Å²) >= 11 is 1.69. The highest BCUT2D eigenvalue weighted by Gasteiger charge is 2.28. The largest absolute Gasteiger partial charge is 0.356 e. The maximum atomic E-state index is 13.3. The van der Waals surface area contributed by atoms with Gasteiger partial charge in [-0.1, -0.05) is 11.2 Å². The first-order chi connectivity index (χ1) is 12.6. The molecule has 138 valence electrons. The molecule has 2 aliphatic heterocycles. The van der Waals surface area contributed by atoms with Crippen LogP contribution in [-0.2, 0) is 4.79 Å². The van der Waals surface area contributed by atoms with E-state index in [1.807, 2.05) is 0 Å². The summed E-state index contributed by atoms with van der Waals surface area (Å²) in [6, 6.07) is 4.87. The van der Waals surface area contributed by atoms with E-state index in [2.05, 4.69) is 23.1 Å². The number of rotatable bonds is 5. The predicted octanol–water partition coefficient (Wildman–Crippen LogP) is 4.51. The van der Waals surface area contributed by atoms with Crippen LogP contribution in [0.25, 0.3) is 11.0 Å². The molecule has 4 rings (SSSR count). The van der Waals surface area contributed by atoms with Crippen LogP contribution in [0, 0.1) is 5.82 Å². The minimum absolute atomic E-state index is 0.258. The van der Waals surface area contributed by atoms with Crippen LogP contribution in [0.4, 0.5) is 4.39 Å². The van der Waals surface area contributed by atoms with Gasteiger partial charge in [0.25, 0.3) is 0 Å². The molecule has 1 aromatic carbocycles. The maximum absolute atomic E-state index is 13.3. The van der Waals surface area contributed by atoms with Crippen LogP contribution in [0.3, 0.4) is 0 Å².